The Hall–Kier alpha value is -2.37. The summed E-state index contributed by atoms with van der Waals surface area (Å²) in [7, 11) is 0. The summed E-state index contributed by atoms with van der Waals surface area (Å²) < 4.78 is 0.907. The molecular formula is C19H16ClNO3S. The predicted molar refractivity (Wildman–Crippen MR) is 101 cm³/mol. The van der Waals surface area contributed by atoms with E-state index in [0.717, 1.165) is 21.2 Å². The summed E-state index contributed by atoms with van der Waals surface area (Å²) in [6, 6.07) is 13.9. The van der Waals surface area contributed by atoms with Gasteiger partial charge in [-0.15, -0.1) is 11.3 Å². The van der Waals surface area contributed by atoms with Crippen LogP contribution in [0.3, 0.4) is 0 Å². The third-order valence-electron chi connectivity index (χ3n) is 3.88. The standard InChI is InChI=1S/C19H16ClNO3S/c1-11-7-8-13-15(9-11)25-17(16(13)20)18(22)21-14(19(23)24)10-12-5-3-2-4-6-12/h2-9,14H,10H2,1H3,(H,21,22)(H,23,24). The van der Waals surface area contributed by atoms with Gasteiger partial charge in [-0.3, -0.25) is 4.79 Å². The van der Waals surface area contributed by atoms with Crippen molar-refractivity contribution in [3.05, 3.63) is 69.6 Å². The molecule has 2 aromatic carbocycles. The van der Waals surface area contributed by atoms with Gasteiger partial charge in [0.2, 0.25) is 0 Å². The Morgan fingerprint density at radius 1 is 1.20 bits per heavy atom. The van der Waals surface area contributed by atoms with Crippen molar-refractivity contribution < 1.29 is 14.7 Å². The first-order chi connectivity index (χ1) is 12.0. The van der Waals surface area contributed by atoms with Crippen molar-refractivity contribution in [2.45, 2.75) is 19.4 Å². The third kappa shape index (κ3) is 3.83. The van der Waals surface area contributed by atoms with Gasteiger partial charge in [0, 0.05) is 16.5 Å². The van der Waals surface area contributed by atoms with Crippen LogP contribution in [0, 0.1) is 6.92 Å². The van der Waals surface area contributed by atoms with Gasteiger partial charge >= 0.3 is 5.97 Å². The fourth-order valence-corrected chi connectivity index (χ4v) is 4.11. The number of carbonyl (C=O) groups excluding carboxylic acids is 1. The highest BCUT2D eigenvalue weighted by molar-refractivity contribution is 7.21. The Morgan fingerprint density at radius 3 is 2.60 bits per heavy atom. The van der Waals surface area contributed by atoms with E-state index in [1.807, 2.05) is 55.5 Å². The molecule has 6 heteroatoms. The number of carboxylic acid groups (broad SMARTS) is 1. The molecule has 25 heavy (non-hydrogen) atoms. The predicted octanol–water partition coefficient (Wildman–Crippen LogP) is 4.29. The van der Waals surface area contributed by atoms with Crippen molar-refractivity contribution >= 4 is 44.9 Å². The van der Waals surface area contributed by atoms with Crippen molar-refractivity contribution in [2.24, 2.45) is 0 Å². The molecule has 1 unspecified atom stereocenters. The van der Waals surface area contributed by atoms with Crippen molar-refractivity contribution in [3.63, 3.8) is 0 Å². The molecule has 128 valence electrons. The number of aryl methyl sites for hydroxylation is 1. The van der Waals surface area contributed by atoms with Crippen LogP contribution in [0.4, 0.5) is 0 Å². The number of fused-ring (bicyclic) bond motifs is 1. The van der Waals surface area contributed by atoms with Gasteiger partial charge in [0.15, 0.2) is 0 Å². The first-order valence-corrected chi connectivity index (χ1v) is 8.91. The SMILES string of the molecule is Cc1ccc2c(Cl)c(C(=O)NC(Cc3ccccc3)C(=O)O)sc2c1. The van der Waals surface area contributed by atoms with E-state index < -0.39 is 17.9 Å². The second-order valence-corrected chi connectivity index (χ2v) is 7.23. The lowest BCUT2D eigenvalue weighted by Gasteiger charge is -2.14. The van der Waals surface area contributed by atoms with Crippen LogP contribution in [0.1, 0.15) is 20.8 Å². The Morgan fingerprint density at radius 2 is 1.92 bits per heavy atom. The van der Waals surface area contributed by atoms with E-state index in [1.165, 1.54) is 11.3 Å². The van der Waals surface area contributed by atoms with E-state index in [0.29, 0.717) is 9.90 Å². The van der Waals surface area contributed by atoms with Crippen molar-refractivity contribution in [3.8, 4) is 0 Å². The minimum Gasteiger partial charge on any atom is -0.480 e. The van der Waals surface area contributed by atoms with Gasteiger partial charge in [-0.25, -0.2) is 4.79 Å². The molecule has 0 aliphatic heterocycles. The molecule has 0 saturated carbocycles. The maximum Gasteiger partial charge on any atom is 0.326 e. The number of carboxylic acids is 1. The maximum absolute atomic E-state index is 12.6. The molecule has 3 rings (SSSR count). The number of nitrogens with one attached hydrogen (secondary N) is 1. The summed E-state index contributed by atoms with van der Waals surface area (Å²) in [4.78, 5) is 24.4. The molecule has 0 aliphatic rings. The topological polar surface area (TPSA) is 66.4 Å². The molecule has 0 radical (unpaired) electrons. The number of amides is 1. The van der Waals surface area contributed by atoms with Crippen LogP contribution in [0.25, 0.3) is 10.1 Å². The number of carbonyl (C=O) groups is 2. The largest absolute Gasteiger partial charge is 0.480 e. The monoisotopic (exact) mass is 373 g/mol. The van der Waals surface area contributed by atoms with Crippen LogP contribution in [0.15, 0.2) is 48.5 Å². The van der Waals surface area contributed by atoms with E-state index in [-0.39, 0.29) is 6.42 Å². The minimum atomic E-state index is -1.08. The summed E-state index contributed by atoms with van der Waals surface area (Å²) in [6.45, 7) is 1.97. The van der Waals surface area contributed by atoms with Gasteiger partial charge in [-0.05, 0) is 24.1 Å². The number of rotatable bonds is 5. The van der Waals surface area contributed by atoms with Gasteiger partial charge in [0.1, 0.15) is 10.9 Å². The molecule has 1 heterocycles. The van der Waals surface area contributed by atoms with Crippen LogP contribution in [-0.2, 0) is 11.2 Å². The van der Waals surface area contributed by atoms with Gasteiger partial charge in [-0.2, -0.15) is 0 Å². The lowest BCUT2D eigenvalue weighted by Crippen LogP contribution is -2.42. The average molecular weight is 374 g/mol. The molecule has 1 atom stereocenters. The van der Waals surface area contributed by atoms with Gasteiger partial charge < -0.3 is 10.4 Å². The van der Waals surface area contributed by atoms with Crippen molar-refractivity contribution in [2.75, 3.05) is 0 Å². The summed E-state index contributed by atoms with van der Waals surface area (Å²) in [6.07, 6.45) is 0.212. The van der Waals surface area contributed by atoms with Crippen LogP contribution in [0.5, 0.6) is 0 Å². The number of benzene rings is 2. The second-order valence-electron chi connectivity index (χ2n) is 5.80. The molecule has 0 spiro atoms. The number of thiophene rings is 1. The first kappa shape index (κ1) is 17.5. The van der Waals surface area contributed by atoms with E-state index in [1.54, 1.807) is 0 Å². The first-order valence-electron chi connectivity index (χ1n) is 7.72. The molecule has 2 N–H and O–H groups in total. The van der Waals surface area contributed by atoms with E-state index >= 15 is 0 Å². The Labute approximate surface area is 154 Å². The van der Waals surface area contributed by atoms with Crippen molar-refractivity contribution in [1.82, 2.24) is 5.32 Å². The zero-order chi connectivity index (χ0) is 18.0. The molecule has 1 aromatic heterocycles. The van der Waals surface area contributed by atoms with Crippen LogP contribution in [-0.4, -0.2) is 23.0 Å². The van der Waals surface area contributed by atoms with Crippen LogP contribution >= 0.6 is 22.9 Å². The van der Waals surface area contributed by atoms with Crippen molar-refractivity contribution in [1.29, 1.82) is 0 Å². The molecule has 0 bridgehead atoms. The number of halogens is 1. The quantitative estimate of drug-likeness (QED) is 0.701. The maximum atomic E-state index is 12.6. The van der Waals surface area contributed by atoms with Gasteiger partial charge in [0.05, 0.1) is 5.02 Å². The average Bonchev–Trinajstić information content (AvgIpc) is 2.91. The third-order valence-corrected chi connectivity index (χ3v) is 5.53. The molecular weight excluding hydrogens is 358 g/mol. The fourth-order valence-electron chi connectivity index (χ4n) is 2.59. The van der Waals surface area contributed by atoms with E-state index in [2.05, 4.69) is 5.32 Å². The number of aliphatic carboxylic acids is 1. The highest BCUT2D eigenvalue weighted by Crippen LogP contribution is 2.35. The van der Waals surface area contributed by atoms with E-state index in [9.17, 15) is 14.7 Å². The van der Waals surface area contributed by atoms with E-state index in [4.69, 9.17) is 11.6 Å². The Balaban J connectivity index is 1.84. The summed E-state index contributed by atoms with van der Waals surface area (Å²) in [5.74, 6) is -1.54. The second kappa shape index (κ2) is 7.25. The highest BCUT2D eigenvalue weighted by Gasteiger charge is 2.24. The number of hydrogen-bond donors (Lipinski definition) is 2. The summed E-state index contributed by atoms with van der Waals surface area (Å²) in [5, 5.41) is 13.2. The summed E-state index contributed by atoms with van der Waals surface area (Å²) >= 11 is 7.60. The normalized spacial score (nSPS) is 12.1. The molecule has 4 nitrogen and oxygen atoms in total. The molecule has 3 aromatic rings. The lowest BCUT2D eigenvalue weighted by molar-refractivity contribution is -0.139. The Bertz CT molecular complexity index is 936. The fraction of sp³-hybridized carbons (Fsp3) is 0.158. The smallest absolute Gasteiger partial charge is 0.326 e. The molecule has 0 saturated heterocycles. The lowest BCUT2D eigenvalue weighted by atomic mass is 10.1. The molecule has 0 aliphatic carbocycles. The molecule has 0 fully saturated rings. The number of hydrogen-bond acceptors (Lipinski definition) is 3. The Kier molecular flexibility index (Phi) is 5.06. The van der Waals surface area contributed by atoms with Crippen LogP contribution in [0.2, 0.25) is 5.02 Å². The van der Waals surface area contributed by atoms with Gasteiger partial charge in [0.25, 0.3) is 5.91 Å². The highest BCUT2D eigenvalue weighted by atomic mass is 35.5. The zero-order valence-electron chi connectivity index (χ0n) is 13.5. The minimum absolute atomic E-state index is 0.212. The molecule has 1 amide bonds. The van der Waals surface area contributed by atoms with Crippen LogP contribution < -0.4 is 5.32 Å². The zero-order valence-corrected chi connectivity index (χ0v) is 15.0. The van der Waals surface area contributed by atoms with Gasteiger partial charge in [-0.1, -0.05) is 54.1 Å². The summed E-state index contributed by atoms with van der Waals surface area (Å²) in [5.41, 5.74) is 1.91.